The molecule has 3 N–H and O–H groups in total. The molecule has 0 fully saturated rings. The predicted octanol–water partition coefficient (Wildman–Crippen LogP) is 2.23. The van der Waals surface area contributed by atoms with Gasteiger partial charge >= 0.3 is 5.97 Å². The van der Waals surface area contributed by atoms with Crippen LogP contribution in [-0.4, -0.2) is 34.6 Å². The van der Waals surface area contributed by atoms with E-state index in [9.17, 15) is 9.59 Å². The van der Waals surface area contributed by atoms with Gasteiger partial charge in [-0.2, -0.15) is 0 Å². The Kier molecular flexibility index (Phi) is 6.14. The van der Waals surface area contributed by atoms with Crippen molar-refractivity contribution in [1.29, 1.82) is 0 Å². The van der Waals surface area contributed by atoms with Crippen LogP contribution in [0.5, 0.6) is 0 Å². The number of hydrogen-bond acceptors (Lipinski definition) is 4. The van der Waals surface area contributed by atoms with Gasteiger partial charge in [0.25, 0.3) is 0 Å². The topological polar surface area (TPSA) is 91.3 Å². The van der Waals surface area contributed by atoms with E-state index in [1.165, 1.54) is 6.07 Å². The van der Waals surface area contributed by atoms with Gasteiger partial charge in [-0.05, 0) is 31.9 Å². The highest BCUT2D eigenvalue weighted by Gasteiger charge is 2.11. The molecule has 0 radical (unpaired) electrons. The minimum Gasteiger partial charge on any atom is -0.478 e. The van der Waals surface area contributed by atoms with Crippen LogP contribution in [0.2, 0.25) is 0 Å². The molecule has 0 spiro atoms. The smallest absolute Gasteiger partial charge is 0.335 e. The Balaban J connectivity index is 2.70. The SMILES string of the molecule is CC(C)NC(=O)CCNc1cc(C(=O)O)cc(C(C)C)n1. The molecular formula is C15H23N3O3. The molecule has 1 heterocycles. The van der Waals surface area contributed by atoms with Crippen molar-refractivity contribution in [3.63, 3.8) is 0 Å². The minimum absolute atomic E-state index is 0.0454. The third-order valence-electron chi connectivity index (χ3n) is 2.79. The normalized spacial score (nSPS) is 10.8. The fraction of sp³-hybridized carbons (Fsp3) is 0.533. The summed E-state index contributed by atoms with van der Waals surface area (Å²) in [5.74, 6) is -0.416. The molecule has 0 bridgehead atoms. The number of anilines is 1. The van der Waals surface area contributed by atoms with E-state index < -0.39 is 5.97 Å². The van der Waals surface area contributed by atoms with Gasteiger partial charge in [-0.25, -0.2) is 9.78 Å². The van der Waals surface area contributed by atoms with Crippen molar-refractivity contribution >= 4 is 17.7 Å². The lowest BCUT2D eigenvalue weighted by Gasteiger charge is -2.12. The lowest BCUT2D eigenvalue weighted by Crippen LogP contribution is -2.31. The number of carbonyl (C=O) groups is 2. The summed E-state index contributed by atoms with van der Waals surface area (Å²) in [4.78, 5) is 27.0. The number of hydrogen-bond donors (Lipinski definition) is 3. The van der Waals surface area contributed by atoms with Crippen molar-refractivity contribution in [2.24, 2.45) is 0 Å². The molecule has 0 aliphatic heterocycles. The van der Waals surface area contributed by atoms with Gasteiger partial charge in [0.1, 0.15) is 5.82 Å². The number of aromatic carboxylic acids is 1. The number of pyridine rings is 1. The first-order valence-electron chi connectivity index (χ1n) is 7.08. The van der Waals surface area contributed by atoms with Crippen molar-refractivity contribution in [1.82, 2.24) is 10.3 Å². The van der Waals surface area contributed by atoms with Crippen LogP contribution in [0.15, 0.2) is 12.1 Å². The van der Waals surface area contributed by atoms with Crippen LogP contribution in [0.3, 0.4) is 0 Å². The largest absolute Gasteiger partial charge is 0.478 e. The number of nitrogens with one attached hydrogen (secondary N) is 2. The lowest BCUT2D eigenvalue weighted by molar-refractivity contribution is -0.121. The van der Waals surface area contributed by atoms with Gasteiger partial charge in [-0.3, -0.25) is 4.79 Å². The van der Waals surface area contributed by atoms with Crippen LogP contribution in [0.4, 0.5) is 5.82 Å². The Morgan fingerprint density at radius 2 is 1.90 bits per heavy atom. The summed E-state index contributed by atoms with van der Waals surface area (Å²) in [5, 5.41) is 14.9. The van der Waals surface area contributed by atoms with Crippen LogP contribution in [0.25, 0.3) is 0 Å². The highest BCUT2D eigenvalue weighted by Crippen LogP contribution is 2.17. The van der Waals surface area contributed by atoms with Crippen LogP contribution in [0, 0.1) is 0 Å². The zero-order valence-electron chi connectivity index (χ0n) is 12.9. The summed E-state index contributed by atoms with van der Waals surface area (Å²) >= 11 is 0. The number of aromatic nitrogens is 1. The van der Waals surface area contributed by atoms with E-state index in [1.54, 1.807) is 6.07 Å². The lowest BCUT2D eigenvalue weighted by atomic mass is 10.1. The van der Waals surface area contributed by atoms with Crippen LogP contribution in [0.1, 0.15) is 56.1 Å². The van der Waals surface area contributed by atoms with Gasteiger partial charge in [0, 0.05) is 24.7 Å². The van der Waals surface area contributed by atoms with Crippen LogP contribution in [-0.2, 0) is 4.79 Å². The van der Waals surface area contributed by atoms with Crippen molar-refractivity contribution in [2.45, 2.75) is 46.1 Å². The standard InChI is InChI=1S/C15H23N3O3/c1-9(2)12-7-11(15(20)21)8-13(18-12)16-6-5-14(19)17-10(3)4/h7-10H,5-6H2,1-4H3,(H,16,18)(H,17,19)(H,20,21). The molecule has 0 unspecified atom stereocenters. The summed E-state index contributed by atoms with van der Waals surface area (Å²) < 4.78 is 0. The number of carboxylic acids is 1. The molecular weight excluding hydrogens is 270 g/mol. The van der Waals surface area contributed by atoms with E-state index in [4.69, 9.17) is 5.11 Å². The molecule has 6 heteroatoms. The van der Waals surface area contributed by atoms with E-state index in [0.29, 0.717) is 24.5 Å². The third kappa shape index (κ3) is 5.81. The molecule has 1 aromatic rings. The first-order chi connectivity index (χ1) is 9.79. The molecule has 1 rings (SSSR count). The first-order valence-corrected chi connectivity index (χ1v) is 7.08. The zero-order valence-corrected chi connectivity index (χ0v) is 12.9. The van der Waals surface area contributed by atoms with Crippen molar-refractivity contribution in [3.05, 3.63) is 23.4 Å². The Bertz CT molecular complexity index is 513. The summed E-state index contributed by atoms with van der Waals surface area (Å²) in [5.41, 5.74) is 0.909. The van der Waals surface area contributed by atoms with Gasteiger partial charge in [-0.15, -0.1) is 0 Å². The summed E-state index contributed by atoms with van der Waals surface area (Å²) in [6, 6.07) is 3.16. The maximum atomic E-state index is 11.5. The number of nitrogens with zero attached hydrogens (tertiary/aromatic N) is 1. The second-order valence-electron chi connectivity index (χ2n) is 5.52. The highest BCUT2D eigenvalue weighted by atomic mass is 16.4. The summed E-state index contributed by atoms with van der Waals surface area (Å²) in [6.45, 7) is 8.12. The van der Waals surface area contributed by atoms with E-state index in [2.05, 4.69) is 15.6 Å². The molecule has 0 saturated heterocycles. The van der Waals surface area contributed by atoms with Crippen molar-refractivity contribution in [3.8, 4) is 0 Å². The molecule has 6 nitrogen and oxygen atoms in total. The molecule has 1 aromatic heterocycles. The molecule has 0 aromatic carbocycles. The third-order valence-corrected chi connectivity index (χ3v) is 2.79. The number of carbonyl (C=O) groups excluding carboxylic acids is 1. The molecule has 0 atom stereocenters. The van der Waals surface area contributed by atoms with Crippen molar-refractivity contribution < 1.29 is 14.7 Å². The van der Waals surface area contributed by atoms with E-state index in [-0.39, 0.29) is 23.4 Å². The monoisotopic (exact) mass is 293 g/mol. The average molecular weight is 293 g/mol. The molecule has 1 amide bonds. The fourth-order valence-electron chi connectivity index (χ4n) is 1.76. The number of amides is 1. The fourth-order valence-corrected chi connectivity index (χ4v) is 1.76. The Morgan fingerprint density at radius 1 is 1.24 bits per heavy atom. The summed E-state index contributed by atoms with van der Waals surface area (Å²) in [6.07, 6.45) is 0.314. The van der Waals surface area contributed by atoms with Gasteiger partial charge in [0.2, 0.25) is 5.91 Å². The molecule has 0 aliphatic rings. The second-order valence-corrected chi connectivity index (χ2v) is 5.52. The number of rotatable bonds is 7. The van der Waals surface area contributed by atoms with Crippen molar-refractivity contribution in [2.75, 3.05) is 11.9 Å². The molecule has 0 saturated carbocycles. The van der Waals surface area contributed by atoms with E-state index in [1.807, 2.05) is 27.7 Å². The Morgan fingerprint density at radius 3 is 2.43 bits per heavy atom. The molecule has 21 heavy (non-hydrogen) atoms. The Hall–Kier alpha value is -2.11. The molecule has 0 aliphatic carbocycles. The van der Waals surface area contributed by atoms with Gasteiger partial charge in [0.05, 0.1) is 5.56 Å². The van der Waals surface area contributed by atoms with Gasteiger partial charge in [0.15, 0.2) is 0 Å². The van der Waals surface area contributed by atoms with E-state index >= 15 is 0 Å². The summed E-state index contributed by atoms with van der Waals surface area (Å²) in [7, 11) is 0. The number of carboxylic acid groups (broad SMARTS) is 1. The maximum absolute atomic E-state index is 11.5. The quantitative estimate of drug-likeness (QED) is 0.717. The zero-order chi connectivity index (χ0) is 16.0. The van der Waals surface area contributed by atoms with Crippen LogP contribution < -0.4 is 10.6 Å². The maximum Gasteiger partial charge on any atom is 0.335 e. The van der Waals surface area contributed by atoms with Gasteiger partial charge in [-0.1, -0.05) is 13.8 Å². The van der Waals surface area contributed by atoms with E-state index in [0.717, 1.165) is 0 Å². The minimum atomic E-state index is -0.986. The molecule has 116 valence electrons. The second kappa shape index (κ2) is 7.61. The predicted molar refractivity (Wildman–Crippen MR) is 81.7 cm³/mol. The average Bonchev–Trinajstić information content (AvgIpc) is 2.37. The van der Waals surface area contributed by atoms with Gasteiger partial charge < -0.3 is 15.7 Å². The first kappa shape index (κ1) is 16.9. The highest BCUT2D eigenvalue weighted by molar-refractivity contribution is 5.88. The Labute approximate surface area is 125 Å². The van der Waals surface area contributed by atoms with Crippen LogP contribution >= 0.6 is 0 Å².